The third kappa shape index (κ3) is 4.17. The number of rotatable bonds is 8. The van der Waals surface area contributed by atoms with E-state index in [9.17, 15) is 4.79 Å². The minimum absolute atomic E-state index is 0.0648. The molecule has 1 amide bonds. The zero-order valence-corrected chi connectivity index (χ0v) is 17.0. The summed E-state index contributed by atoms with van der Waals surface area (Å²) in [5.74, 6) is 0.0648. The molecule has 3 heterocycles. The van der Waals surface area contributed by atoms with Gasteiger partial charge < -0.3 is 24.3 Å². The molecule has 0 radical (unpaired) electrons. The Balaban J connectivity index is 1.60. The van der Waals surface area contributed by atoms with Gasteiger partial charge in [0.1, 0.15) is 11.8 Å². The Morgan fingerprint density at radius 1 is 1.50 bits per heavy atom. The predicted molar refractivity (Wildman–Crippen MR) is 107 cm³/mol. The maximum absolute atomic E-state index is 13.1. The number of nitrogens with zero attached hydrogens (tertiary/aromatic N) is 3. The number of hydrogen-bond donors (Lipinski definition) is 1. The number of carbonyl (C=O) groups is 1. The van der Waals surface area contributed by atoms with E-state index in [2.05, 4.69) is 21.1 Å². The quantitative estimate of drug-likeness (QED) is 0.681. The lowest BCUT2D eigenvalue weighted by atomic mass is 10.2. The van der Waals surface area contributed by atoms with Gasteiger partial charge in [-0.2, -0.15) is 0 Å². The first-order chi connectivity index (χ1) is 13.7. The molecular formula is C20H27ClN4O3. The van der Waals surface area contributed by atoms with E-state index in [4.69, 9.17) is 21.1 Å². The van der Waals surface area contributed by atoms with Gasteiger partial charge in [0, 0.05) is 69.3 Å². The molecule has 1 saturated heterocycles. The van der Waals surface area contributed by atoms with Crippen molar-refractivity contribution >= 4 is 28.5 Å². The molecule has 28 heavy (non-hydrogen) atoms. The second-order valence-electron chi connectivity index (χ2n) is 7.45. The van der Waals surface area contributed by atoms with E-state index in [0.29, 0.717) is 37.4 Å². The Kier molecular flexibility index (Phi) is 6.16. The molecule has 1 aliphatic heterocycles. The zero-order chi connectivity index (χ0) is 19.5. The molecular weight excluding hydrogens is 380 g/mol. The Bertz CT molecular complexity index is 830. The van der Waals surface area contributed by atoms with E-state index >= 15 is 0 Å². The average molecular weight is 407 g/mol. The smallest absolute Gasteiger partial charge is 0.253 e. The molecule has 7 nitrogen and oxygen atoms in total. The van der Waals surface area contributed by atoms with Crippen LogP contribution < -0.4 is 5.32 Å². The maximum Gasteiger partial charge on any atom is 0.253 e. The van der Waals surface area contributed by atoms with Gasteiger partial charge in [-0.25, -0.2) is 4.98 Å². The van der Waals surface area contributed by atoms with Crippen LogP contribution in [0.4, 0.5) is 0 Å². The summed E-state index contributed by atoms with van der Waals surface area (Å²) in [6, 6.07) is 2.10. The zero-order valence-electron chi connectivity index (χ0n) is 16.2. The third-order valence-corrected chi connectivity index (χ3v) is 5.66. The highest BCUT2D eigenvalue weighted by Crippen LogP contribution is 2.33. The van der Waals surface area contributed by atoms with E-state index in [1.165, 1.54) is 0 Å². The van der Waals surface area contributed by atoms with Crippen molar-refractivity contribution in [3.05, 3.63) is 29.0 Å². The van der Waals surface area contributed by atoms with Crippen LogP contribution in [0.25, 0.3) is 11.0 Å². The minimum Gasteiger partial charge on any atom is -0.385 e. The number of amides is 1. The molecule has 2 aromatic heterocycles. The van der Waals surface area contributed by atoms with Crippen LogP contribution in [-0.2, 0) is 27.4 Å². The van der Waals surface area contributed by atoms with Gasteiger partial charge in [0.2, 0.25) is 0 Å². The maximum atomic E-state index is 13.1. The largest absolute Gasteiger partial charge is 0.385 e. The highest BCUT2D eigenvalue weighted by molar-refractivity contribution is 6.35. The van der Waals surface area contributed by atoms with E-state index in [1.807, 2.05) is 11.0 Å². The SMILES string of the molecule is COCCCn1cc(CN(C(=O)[C@H]2CNCCO2)C2CC2)c2c(Cl)ccnc21. The van der Waals surface area contributed by atoms with Crippen LogP contribution in [0, 0.1) is 0 Å². The number of nitrogens with one attached hydrogen (secondary N) is 1. The number of morpholine rings is 1. The normalized spacial score (nSPS) is 19.9. The predicted octanol–water partition coefficient (Wildman–Crippen LogP) is 2.21. The monoisotopic (exact) mass is 406 g/mol. The van der Waals surface area contributed by atoms with E-state index in [0.717, 1.165) is 48.9 Å². The van der Waals surface area contributed by atoms with Gasteiger partial charge in [-0.3, -0.25) is 4.79 Å². The van der Waals surface area contributed by atoms with Crippen LogP contribution in [0.1, 0.15) is 24.8 Å². The second-order valence-corrected chi connectivity index (χ2v) is 7.85. The lowest BCUT2D eigenvalue weighted by Crippen LogP contribution is -2.49. The minimum atomic E-state index is -0.405. The first kappa shape index (κ1) is 19.6. The molecule has 0 bridgehead atoms. The van der Waals surface area contributed by atoms with Crippen LogP contribution in [0.15, 0.2) is 18.5 Å². The van der Waals surface area contributed by atoms with E-state index in [-0.39, 0.29) is 5.91 Å². The Morgan fingerprint density at radius 2 is 2.36 bits per heavy atom. The molecule has 0 unspecified atom stereocenters. The van der Waals surface area contributed by atoms with Gasteiger partial charge >= 0.3 is 0 Å². The number of methoxy groups -OCH3 is 1. The summed E-state index contributed by atoms with van der Waals surface area (Å²) in [6.45, 7) is 3.96. The van der Waals surface area contributed by atoms with Crippen LogP contribution >= 0.6 is 11.6 Å². The van der Waals surface area contributed by atoms with Gasteiger partial charge in [0.15, 0.2) is 0 Å². The van der Waals surface area contributed by atoms with Crippen molar-refractivity contribution in [3.63, 3.8) is 0 Å². The van der Waals surface area contributed by atoms with Crippen molar-refractivity contribution in [2.75, 3.05) is 33.4 Å². The van der Waals surface area contributed by atoms with Gasteiger partial charge in [-0.15, -0.1) is 0 Å². The van der Waals surface area contributed by atoms with Gasteiger partial charge in [-0.1, -0.05) is 11.6 Å². The topological polar surface area (TPSA) is 68.6 Å². The molecule has 1 N–H and O–H groups in total. The molecule has 0 aromatic carbocycles. The summed E-state index contributed by atoms with van der Waals surface area (Å²) in [6.07, 6.45) is 6.39. The number of aromatic nitrogens is 2. The molecule has 1 atom stereocenters. The van der Waals surface area contributed by atoms with Crippen LogP contribution in [0.3, 0.4) is 0 Å². The van der Waals surface area contributed by atoms with E-state index in [1.54, 1.807) is 13.3 Å². The highest BCUT2D eigenvalue weighted by atomic mass is 35.5. The van der Waals surface area contributed by atoms with Crippen molar-refractivity contribution in [3.8, 4) is 0 Å². The van der Waals surface area contributed by atoms with Gasteiger partial charge in [-0.05, 0) is 25.3 Å². The van der Waals surface area contributed by atoms with Crippen molar-refractivity contribution in [1.82, 2.24) is 19.8 Å². The number of aryl methyl sites for hydroxylation is 1. The first-order valence-electron chi connectivity index (χ1n) is 9.93. The third-order valence-electron chi connectivity index (χ3n) is 5.35. The van der Waals surface area contributed by atoms with Crippen LogP contribution in [-0.4, -0.2) is 65.9 Å². The highest BCUT2D eigenvalue weighted by Gasteiger charge is 2.37. The number of carbonyl (C=O) groups excluding carboxylic acids is 1. The molecule has 4 rings (SSSR count). The number of fused-ring (bicyclic) bond motifs is 1. The van der Waals surface area contributed by atoms with Crippen molar-refractivity contribution < 1.29 is 14.3 Å². The molecule has 2 aromatic rings. The lowest BCUT2D eigenvalue weighted by molar-refractivity contribution is -0.146. The van der Waals surface area contributed by atoms with Crippen molar-refractivity contribution in [2.45, 2.75) is 44.5 Å². The lowest BCUT2D eigenvalue weighted by Gasteiger charge is -2.30. The van der Waals surface area contributed by atoms with Crippen molar-refractivity contribution in [2.24, 2.45) is 0 Å². The molecule has 2 fully saturated rings. The van der Waals surface area contributed by atoms with Gasteiger partial charge in [0.05, 0.1) is 11.6 Å². The summed E-state index contributed by atoms with van der Waals surface area (Å²) in [5.41, 5.74) is 1.90. The molecule has 0 spiro atoms. The van der Waals surface area contributed by atoms with Gasteiger partial charge in [0.25, 0.3) is 5.91 Å². The fourth-order valence-electron chi connectivity index (χ4n) is 3.79. The molecule has 1 saturated carbocycles. The Hall–Kier alpha value is -1.67. The number of pyridine rings is 1. The van der Waals surface area contributed by atoms with E-state index < -0.39 is 6.10 Å². The number of hydrogen-bond acceptors (Lipinski definition) is 5. The van der Waals surface area contributed by atoms with Crippen LogP contribution in [0.5, 0.6) is 0 Å². The Morgan fingerprint density at radius 3 is 3.07 bits per heavy atom. The molecule has 1 aliphatic carbocycles. The fourth-order valence-corrected chi connectivity index (χ4v) is 4.05. The van der Waals surface area contributed by atoms with Crippen molar-refractivity contribution in [1.29, 1.82) is 0 Å². The summed E-state index contributed by atoms with van der Waals surface area (Å²) in [5, 5.41) is 4.85. The average Bonchev–Trinajstić information content (AvgIpc) is 3.50. The number of ether oxygens (including phenoxy) is 2. The molecule has 152 valence electrons. The molecule has 8 heteroatoms. The summed E-state index contributed by atoms with van der Waals surface area (Å²) in [4.78, 5) is 19.6. The van der Waals surface area contributed by atoms with Crippen LogP contribution in [0.2, 0.25) is 5.02 Å². The first-order valence-corrected chi connectivity index (χ1v) is 10.3. The molecule has 2 aliphatic rings. The number of halogens is 1. The Labute approximate surface area is 169 Å². The second kappa shape index (κ2) is 8.78. The summed E-state index contributed by atoms with van der Waals surface area (Å²) < 4.78 is 13.0. The summed E-state index contributed by atoms with van der Waals surface area (Å²) in [7, 11) is 1.70. The summed E-state index contributed by atoms with van der Waals surface area (Å²) >= 11 is 6.53. The standard InChI is InChI=1S/C20H27ClN4O3/c1-27-9-2-8-24-12-14(18-16(21)5-6-23-19(18)24)13-25(15-3-4-15)20(26)17-11-22-7-10-28-17/h5-6,12,15,17,22H,2-4,7-11,13H2,1H3/t17-/m1/s1. The fraction of sp³-hybridized carbons (Fsp3) is 0.600.